The molecule has 1 unspecified atom stereocenters. The molecule has 1 N–H and O–H groups in total. The monoisotopic (exact) mass is 610 g/mol. The van der Waals surface area contributed by atoms with Crippen LogP contribution in [0.2, 0.25) is 0 Å². The molecule has 0 radical (unpaired) electrons. The molecule has 0 heterocycles. The summed E-state index contributed by atoms with van der Waals surface area (Å²) in [6.45, 7) is 7.79. The Morgan fingerprint density at radius 2 is 1.55 bits per heavy atom. The molecule has 0 aliphatic rings. The lowest BCUT2D eigenvalue weighted by molar-refractivity contribution is 0.0219. The van der Waals surface area contributed by atoms with Crippen molar-refractivity contribution in [2.24, 2.45) is 0 Å². The van der Waals surface area contributed by atoms with Crippen LogP contribution in [0.4, 0.5) is 13.6 Å². The Morgan fingerprint density at radius 1 is 0.818 bits per heavy atom. The standard InChI is InChI=1S/C36H44F2O6/c1-5-7-9-11-14-24(3)42-32-21-20-29(33(37)34(32)38)28-18-19-30(31(39)23-28)35(40)44-36(41)43-25(4)22-27(15-8-6-2)26-16-12-10-13-17-26/h10,12-13,16-21,23-25,27,39H,5-9,11,14-15,22H2,1-4H3/t24-,25+,27?/m0/s1. The highest BCUT2D eigenvalue weighted by Gasteiger charge is 2.24. The third kappa shape index (κ3) is 10.1. The lowest BCUT2D eigenvalue weighted by Crippen LogP contribution is -2.21. The lowest BCUT2D eigenvalue weighted by Gasteiger charge is -2.21. The van der Waals surface area contributed by atoms with E-state index in [4.69, 9.17) is 14.2 Å². The van der Waals surface area contributed by atoms with E-state index in [1.165, 1.54) is 24.3 Å². The highest BCUT2D eigenvalue weighted by atomic mass is 19.2. The highest BCUT2D eigenvalue weighted by molar-refractivity contribution is 5.98. The summed E-state index contributed by atoms with van der Waals surface area (Å²) in [5.41, 5.74) is 0.840. The number of phenolic OH excluding ortho intramolecular Hbond substituents is 1. The van der Waals surface area contributed by atoms with E-state index in [-0.39, 0.29) is 34.5 Å². The Morgan fingerprint density at radius 3 is 2.23 bits per heavy atom. The van der Waals surface area contributed by atoms with E-state index in [1.807, 2.05) is 37.3 Å². The number of phenols is 1. The molecule has 44 heavy (non-hydrogen) atoms. The van der Waals surface area contributed by atoms with Crippen LogP contribution in [0.3, 0.4) is 0 Å². The molecular weight excluding hydrogens is 566 g/mol. The molecule has 0 aromatic heterocycles. The van der Waals surface area contributed by atoms with Crippen molar-refractivity contribution in [1.82, 2.24) is 0 Å². The van der Waals surface area contributed by atoms with Crippen molar-refractivity contribution in [2.75, 3.05) is 0 Å². The Bertz CT molecular complexity index is 1360. The molecule has 3 aromatic rings. The van der Waals surface area contributed by atoms with Crippen molar-refractivity contribution in [1.29, 1.82) is 0 Å². The summed E-state index contributed by atoms with van der Waals surface area (Å²) < 4.78 is 45.7. The Labute approximate surface area is 259 Å². The molecule has 0 aliphatic heterocycles. The SMILES string of the molecule is CCCCCC[C@H](C)Oc1ccc(-c2ccc(C(=O)OC(=O)O[C@H](C)CC(CCCC)c3ccccc3)c(O)c2)c(F)c1F. The molecule has 3 aromatic carbocycles. The fourth-order valence-electron chi connectivity index (χ4n) is 5.22. The molecule has 3 rings (SSSR count). The van der Waals surface area contributed by atoms with Gasteiger partial charge in [-0.05, 0) is 80.8 Å². The number of aromatic hydroxyl groups is 1. The number of hydrogen-bond acceptors (Lipinski definition) is 6. The minimum atomic E-state index is -1.18. The zero-order chi connectivity index (χ0) is 32.1. The van der Waals surface area contributed by atoms with Gasteiger partial charge in [0, 0.05) is 5.56 Å². The second-order valence-electron chi connectivity index (χ2n) is 11.3. The summed E-state index contributed by atoms with van der Waals surface area (Å²) in [6.07, 6.45) is 6.51. The van der Waals surface area contributed by atoms with Crippen molar-refractivity contribution in [3.05, 3.63) is 83.4 Å². The molecule has 0 saturated carbocycles. The van der Waals surface area contributed by atoms with Gasteiger partial charge >= 0.3 is 12.1 Å². The van der Waals surface area contributed by atoms with Crippen molar-refractivity contribution < 1.29 is 37.7 Å². The summed E-state index contributed by atoms with van der Waals surface area (Å²) >= 11 is 0. The van der Waals surface area contributed by atoms with Crippen LogP contribution in [-0.2, 0) is 9.47 Å². The van der Waals surface area contributed by atoms with E-state index in [9.17, 15) is 19.1 Å². The smallest absolute Gasteiger partial charge is 0.507 e. The summed E-state index contributed by atoms with van der Waals surface area (Å²) in [7, 11) is 0. The molecule has 3 atom stereocenters. The minimum absolute atomic E-state index is 0.120. The number of halogens is 2. The molecule has 0 amide bonds. The van der Waals surface area contributed by atoms with Crippen molar-refractivity contribution in [2.45, 2.75) is 104 Å². The average Bonchev–Trinajstić information content (AvgIpc) is 3.00. The number of benzene rings is 3. The lowest BCUT2D eigenvalue weighted by atomic mass is 9.89. The van der Waals surface area contributed by atoms with Gasteiger partial charge < -0.3 is 19.3 Å². The maximum absolute atomic E-state index is 15.0. The second-order valence-corrected chi connectivity index (χ2v) is 11.3. The van der Waals surface area contributed by atoms with E-state index >= 15 is 4.39 Å². The summed E-state index contributed by atoms with van der Waals surface area (Å²) in [4.78, 5) is 25.0. The van der Waals surface area contributed by atoms with Gasteiger partial charge in [0.25, 0.3) is 0 Å². The van der Waals surface area contributed by atoms with Crippen molar-refractivity contribution in [3.63, 3.8) is 0 Å². The molecule has 0 spiro atoms. The van der Waals surface area contributed by atoms with E-state index in [1.54, 1.807) is 6.92 Å². The molecule has 238 valence electrons. The van der Waals surface area contributed by atoms with Gasteiger partial charge in [0.2, 0.25) is 5.82 Å². The van der Waals surface area contributed by atoms with Crippen LogP contribution in [0.5, 0.6) is 11.5 Å². The van der Waals surface area contributed by atoms with Gasteiger partial charge in [0.05, 0.1) is 6.10 Å². The van der Waals surface area contributed by atoms with Crippen molar-refractivity contribution >= 4 is 12.1 Å². The van der Waals surface area contributed by atoms with E-state index < -0.39 is 35.6 Å². The summed E-state index contributed by atoms with van der Waals surface area (Å²) in [5, 5.41) is 10.5. The first-order valence-corrected chi connectivity index (χ1v) is 15.6. The van der Waals surface area contributed by atoms with Crippen LogP contribution < -0.4 is 4.74 Å². The van der Waals surface area contributed by atoms with E-state index in [2.05, 4.69) is 13.8 Å². The number of esters is 1. The number of carbonyl (C=O) groups is 2. The number of unbranched alkanes of at least 4 members (excludes halogenated alkanes) is 4. The number of carbonyl (C=O) groups excluding carboxylic acids is 2. The van der Waals surface area contributed by atoms with Gasteiger partial charge in [-0.1, -0.05) is 82.3 Å². The topological polar surface area (TPSA) is 82.1 Å². The van der Waals surface area contributed by atoms with E-state index in [0.29, 0.717) is 6.42 Å². The predicted octanol–water partition coefficient (Wildman–Crippen LogP) is 10.1. The van der Waals surface area contributed by atoms with Crippen LogP contribution in [0.25, 0.3) is 11.1 Å². The van der Waals surface area contributed by atoms with Crippen molar-refractivity contribution in [3.8, 4) is 22.6 Å². The first kappa shape index (κ1) is 34.5. The van der Waals surface area contributed by atoms with Gasteiger partial charge in [-0.3, -0.25) is 0 Å². The fourth-order valence-corrected chi connectivity index (χ4v) is 5.22. The first-order chi connectivity index (χ1) is 21.1. The van der Waals surface area contributed by atoms with Crippen LogP contribution in [0.15, 0.2) is 60.7 Å². The number of ether oxygens (including phenoxy) is 3. The third-order valence-electron chi connectivity index (χ3n) is 7.63. The Balaban J connectivity index is 1.61. The minimum Gasteiger partial charge on any atom is -0.507 e. The third-order valence-corrected chi connectivity index (χ3v) is 7.63. The molecular formula is C36H44F2O6. The highest BCUT2D eigenvalue weighted by Crippen LogP contribution is 2.34. The maximum atomic E-state index is 15.0. The molecule has 6 nitrogen and oxygen atoms in total. The van der Waals surface area contributed by atoms with Gasteiger partial charge in [0.15, 0.2) is 11.6 Å². The molecule has 0 aliphatic carbocycles. The Hall–Kier alpha value is -3.94. The number of rotatable bonds is 16. The first-order valence-electron chi connectivity index (χ1n) is 15.6. The summed E-state index contributed by atoms with van der Waals surface area (Å²) in [5.74, 6) is -3.96. The van der Waals surface area contributed by atoms with Gasteiger partial charge in [-0.2, -0.15) is 4.39 Å². The second kappa shape index (κ2) is 17.4. The van der Waals surface area contributed by atoms with Gasteiger partial charge in [-0.25, -0.2) is 14.0 Å². The largest absolute Gasteiger partial charge is 0.516 e. The number of hydrogen-bond donors (Lipinski definition) is 1. The Kier molecular flexibility index (Phi) is 13.6. The quantitative estimate of drug-likeness (QED) is 0.0987. The van der Waals surface area contributed by atoms with Crippen LogP contribution in [0, 0.1) is 11.6 Å². The molecule has 0 bridgehead atoms. The van der Waals surface area contributed by atoms with E-state index in [0.717, 1.165) is 63.0 Å². The average molecular weight is 611 g/mol. The molecule has 8 heteroatoms. The fraction of sp³-hybridized carbons (Fsp3) is 0.444. The van der Waals surface area contributed by atoms with Crippen LogP contribution in [-0.4, -0.2) is 29.4 Å². The maximum Gasteiger partial charge on any atom is 0.516 e. The molecule has 0 fully saturated rings. The zero-order valence-corrected chi connectivity index (χ0v) is 26.1. The summed E-state index contributed by atoms with van der Waals surface area (Å²) in [6, 6.07) is 16.3. The van der Waals surface area contributed by atoms with Crippen LogP contribution in [0.1, 0.15) is 107 Å². The normalized spacial score (nSPS) is 13.1. The van der Waals surface area contributed by atoms with Gasteiger partial charge in [-0.15, -0.1) is 0 Å². The molecule has 0 saturated heterocycles. The van der Waals surface area contributed by atoms with Crippen LogP contribution >= 0.6 is 0 Å². The predicted molar refractivity (Wildman–Crippen MR) is 167 cm³/mol. The van der Waals surface area contributed by atoms with Gasteiger partial charge in [0.1, 0.15) is 17.4 Å². The zero-order valence-electron chi connectivity index (χ0n) is 26.1.